The zero-order valence-electron chi connectivity index (χ0n) is 7.93. The van der Waals surface area contributed by atoms with E-state index in [1.54, 1.807) is 0 Å². The molecule has 0 heterocycles. The molecule has 2 aliphatic rings. The molecule has 0 aromatic rings. The molecule has 1 atom stereocenters. The van der Waals surface area contributed by atoms with E-state index in [4.69, 9.17) is 0 Å². The van der Waals surface area contributed by atoms with Crippen LogP contribution in [-0.4, -0.2) is 13.1 Å². The molecule has 0 spiro atoms. The van der Waals surface area contributed by atoms with Crippen molar-refractivity contribution in [3.8, 4) is 0 Å². The van der Waals surface area contributed by atoms with Gasteiger partial charge in [0.1, 0.15) is 0 Å². The van der Waals surface area contributed by atoms with Gasteiger partial charge in [0, 0.05) is 0 Å². The summed E-state index contributed by atoms with van der Waals surface area (Å²) in [6, 6.07) is 0. The van der Waals surface area contributed by atoms with Crippen LogP contribution < -0.4 is 0 Å². The van der Waals surface area contributed by atoms with E-state index in [-0.39, 0.29) is 5.97 Å². The summed E-state index contributed by atoms with van der Waals surface area (Å²) in [6.07, 6.45) is 4.69. The van der Waals surface area contributed by atoms with Crippen molar-refractivity contribution < 1.29 is 9.53 Å². The fraction of sp³-hybridized carbons (Fsp3) is 0.545. The molecule has 2 aliphatic carbocycles. The third-order valence-electron chi connectivity index (χ3n) is 3.11. The molecule has 2 nitrogen and oxygen atoms in total. The molecule has 0 radical (unpaired) electrons. The van der Waals surface area contributed by atoms with Gasteiger partial charge < -0.3 is 4.74 Å². The number of fused-ring (bicyclic) bond motifs is 2. The van der Waals surface area contributed by atoms with Crippen molar-refractivity contribution in [3.05, 3.63) is 23.3 Å². The van der Waals surface area contributed by atoms with Gasteiger partial charge in [0.25, 0.3) is 0 Å². The maximum absolute atomic E-state index is 11.2. The monoisotopic (exact) mass is 178 g/mol. The van der Waals surface area contributed by atoms with Gasteiger partial charge >= 0.3 is 5.97 Å². The molecule has 0 amide bonds. The third kappa shape index (κ3) is 1.30. The van der Waals surface area contributed by atoms with E-state index in [1.807, 2.05) is 0 Å². The van der Waals surface area contributed by atoms with Crippen LogP contribution >= 0.6 is 0 Å². The van der Waals surface area contributed by atoms with E-state index in [2.05, 4.69) is 11.3 Å². The fourth-order valence-electron chi connectivity index (χ4n) is 2.40. The number of carbonyl (C=O) groups is 1. The van der Waals surface area contributed by atoms with Gasteiger partial charge in [0.05, 0.1) is 12.7 Å². The van der Waals surface area contributed by atoms with E-state index >= 15 is 0 Å². The topological polar surface area (TPSA) is 26.3 Å². The van der Waals surface area contributed by atoms with Crippen molar-refractivity contribution in [2.45, 2.75) is 25.7 Å². The summed E-state index contributed by atoms with van der Waals surface area (Å²) in [5.74, 6) is 0.515. The van der Waals surface area contributed by atoms with Crippen LogP contribution in [0.3, 0.4) is 0 Å². The average molecular weight is 178 g/mol. The molecule has 0 aliphatic heterocycles. The maximum atomic E-state index is 11.2. The fourth-order valence-corrected chi connectivity index (χ4v) is 2.40. The highest BCUT2D eigenvalue weighted by atomic mass is 16.5. The van der Waals surface area contributed by atoms with Gasteiger partial charge in [-0.05, 0) is 37.2 Å². The summed E-state index contributed by atoms with van der Waals surface area (Å²) >= 11 is 0. The molecule has 1 saturated carbocycles. The lowest BCUT2D eigenvalue weighted by atomic mass is 9.94. The third-order valence-corrected chi connectivity index (χ3v) is 3.11. The Morgan fingerprint density at radius 2 is 2.31 bits per heavy atom. The molecule has 0 aromatic carbocycles. The number of methoxy groups -OCH3 is 1. The van der Waals surface area contributed by atoms with Crippen molar-refractivity contribution in [1.82, 2.24) is 0 Å². The molecule has 0 N–H and O–H groups in total. The summed E-state index contributed by atoms with van der Waals surface area (Å²) in [7, 11) is 1.41. The largest absolute Gasteiger partial charge is 0.465 e. The highest BCUT2D eigenvalue weighted by molar-refractivity contribution is 5.93. The summed E-state index contributed by atoms with van der Waals surface area (Å²) in [5.41, 5.74) is 3.21. The molecule has 2 bridgehead atoms. The predicted molar refractivity (Wildman–Crippen MR) is 50.1 cm³/mol. The molecular formula is C11H14O2. The van der Waals surface area contributed by atoms with Gasteiger partial charge in [0.15, 0.2) is 0 Å². The van der Waals surface area contributed by atoms with E-state index in [0.717, 1.165) is 18.8 Å². The van der Waals surface area contributed by atoms with Crippen molar-refractivity contribution in [2.75, 3.05) is 7.11 Å². The quantitative estimate of drug-likeness (QED) is 0.478. The Morgan fingerprint density at radius 3 is 2.77 bits per heavy atom. The average Bonchev–Trinajstić information content (AvgIpc) is 2.76. The Hall–Kier alpha value is -1.05. The first-order valence-corrected chi connectivity index (χ1v) is 4.71. The molecule has 1 unspecified atom stereocenters. The number of ether oxygens (including phenoxy) is 1. The van der Waals surface area contributed by atoms with Crippen molar-refractivity contribution in [1.29, 1.82) is 0 Å². The first-order chi connectivity index (χ1) is 6.22. The summed E-state index contributed by atoms with van der Waals surface area (Å²) < 4.78 is 4.66. The van der Waals surface area contributed by atoms with Gasteiger partial charge in [-0.3, -0.25) is 0 Å². The normalized spacial score (nSPS) is 25.2. The number of hydrogen-bond acceptors (Lipinski definition) is 2. The Bertz CT molecular complexity index is 299. The van der Waals surface area contributed by atoms with Gasteiger partial charge in [-0.15, -0.1) is 0 Å². The number of carbonyl (C=O) groups excluding carboxylic acids is 1. The van der Waals surface area contributed by atoms with Gasteiger partial charge in [0.2, 0.25) is 0 Å². The molecule has 13 heavy (non-hydrogen) atoms. The Morgan fingerprint density at radius 1 is 1.54 bits per heavy atom. The van der Waals surface area contributed by atoms with E-state index < -0.39 is 0 Å². The molecule has 2 heteroatoms. The SMILES string of the molecule is C=C(C(=O)OC)C1=C2CCC(C2)C1. The predicted octanol–water partition coefficient (Wildman–Crippen LogP) is 2.22. The second kappa shape index (κ2) is 3.02. The molecule has 0 saturated heterocycles. The Labute approximate surface area is 78.3 Å². The lowest BCUT2D eigenvalue weighted by Crippen LogP contribution is -2.08. The summed E-state index contributed by atoms with van der Waals surface area (Å²) in [6.45, 7) is 3.79. The zero-order valence-corrected chi connectivity index (χ0v) is 7.93. The number of rotatable bonds is 2. The van der Waals surface area contributed by atoms with Crippen LogP contribution in [0, 0.1) is 5.92 Å². The first kappa shape index (κ1) is 8.54. The van der Waals surface area contributed by atoms with Crippen LogP contribution in [0.4, 0.5) is 0 Å². The zero-order chi connectivity index (χ0) is 9.42. The number of esters is 1. The minimum Gasteiger partial charge on any atom is -0.465 e. The number of hydrogen-bond donors (Lipinski definition) is 0. The van der Waals surface area contributed by atoms with E-state index in [9.17, 15) is 4.79 Å². The van der Waals surface area contributed by atoms with Crippen molar-refractivity contribution >= 4 is 5.97 Å². The van der Waals surface area contributed by atoms with Gasteiger partial charge in [-0.25, -0.2) is 4.79 Å². The van der Waals surface area contributed by atoms with Crippen molar-refractivity contribution in [3.63, 3.8) is 0 Å². The molecule has 70 valence electrons. The minimum atomic E-state index is -0.268. The molecule has 2 rings (SSSR count). The first-order valence-electron chi connectivity index (χ1n) is 4.71. The molecule has 0 aromatic heterocycles. The highest BCUT2D eigenvalue weighted by Gasteiger charge is 2.32. The second-order valence-electron chi connectivity index (χ2n) is 3.87. The van der Waals surface area contributed by atoms with Crippen LogP contribution in [0.1, 0.15) is 25.7 Å². The number of allylic oxidation sites excluding steroid dienone is 1. The summed E-state index contributed by atoms with van der Waals surface area (Å²) in [5, 5.41) is 0. The highest BCUT2D eigenvalue weighted by Crippen LogP contribution is 2.46. The Balaban J connectivity index is 2.18. The van der Waals surface area contributed by atoms with Crippen molar-refractivity contribution in [2.24, 2.45) is 5.92 Å². The van der Waals surface area contributed by atoms with Crippen LogP contribution in [0.2, 0.25) is 0 Å². The van der Waals surface area contributed by atoms with E-state index in [0.29, 0.717) is 5.57 Å². The minimum absolute atomic E-state index is 0.268. The van der Waals surface area contributed by atoms with Crippen LogP contribution in [0.5, 0.6) is 0 Å². The second-order valence-corrected chi connectivity index (χ2v) is 3.87. The smallest absolute Gasteiger partial charge is 0.337 e. The van der Waals surface area contributed by atoms with E-state index in [1.165, 1.54) is 31.1 Å². The van der Waals surface area contributed by atoms with Crippen LogP contribution in [0.25, 0.3) is 0 Å². The maximum Gasteiger partial charge on any atom is 0.337 e. The summed E-state index contributed by atoms with van der Waals surface area (Å²) in [4.78, 5) is 11.2. The van der Waals surface area contributed by atoms with Crippen LogP contribution in [-0.2, 0) is 9.53 Å². The van der Waals surface area contributed by atoms with Crippen LogP contribution in [0.15, 0.2) is 23.3 Å². The molecular weight excluding hydrogens is 164 g/mol. The van der Waals surface area contributed by atoms with Gasteiger partial charge in [-0.2, -0.15) is 0 Å². The Kier molecular flexibility index (Phi) is 1.98. The lowest BCUT2D eigenvalue weighted by molar-refractivity contribution is -0.135. The standard InChI is InChI=1S/C11H14O2/c1-7(11(12)13-2)10-6-8-3-4-9(10)5-8/h8H,1,3-6H2,2H3. The lowest BCUT2D eigenvalue weighted by Gasteiger charge is -2.12. The van der Waals surface area contributed by atoms with Gasteiger partial charge in [-0.1, -0.05) is 12.2 Å². The molecule has 1 fully saturated rings.